The van der Waals surface area contributed by atoms with Crippen molar-refractivity contribution < 1.29 is 33.4 Å². The molecule has 12 heteroatoms. The molecule has 3 aliphatic heterocycles. The highest BCUT2D eigenvalue weighted by Crippen LogP contribution is 2.41. The molecule has 0 spiro atoms. The van der Waals surface area contributed by atoms with Crippen molar-refractivity contribution in [1.82, 2.24) is 4.90 Å². The second-order valence-corrected chi connectivity index (χ2v) is 12.8. The first-order valence-corrected chi connectivity index (χ1v) is 16.8. The van der Waals surface area contributed by atoms with Crippen molar-refractivity contribution in [3.63, 3.8) is 0 Å². The molecule has 0 radical (unpaired) electrons. The molecule has 45 heavy (non-hydrogen) atoms. The third-order valence-corrected chi connectivity index (χ3v) is 8.66. The zero-order valence-corrected chi connectivity index (χ0v) is 28.1. The van der Waals surface area contributed by atoms with E-state index in [0.717, 1.165) is 38.8 Å². The molecular formula is C33H54ClN3O8. The summed E-state index contributed by atoms with van der Waals surface area (Å²) < 4.78 is 31.2. The highest BCUT2D eigenvalue weighted by molar-refractivity contribution is 5.85. The number of halogens is 1. The van der Waals surface area contributed by atoms with Crippen molar-refractivity contribution in [2.45, 2.75) is 141 Å². The number of nitro groups is 1. The fourth-order valence-electron chi connectivity index (χ4n) is 6.37. The third kappa shape index (κ3) is 11.9. The zero-order valence-electron chi connectivity index (χ0n) is 27.3. The van der Waals surface area contributed by atoms with Crippen LogP contribution < -0.4 is 5.32 Å². The van der Waals surface area contributed by atoms with E-state index in [1.807, 2.05) is 13.8 Å². The molecule has 1 amide bonds. The van der Waals surface area contributed by atoms with E-state index in [1.54, 1.807) is 0 Å². The molecule has 1 aromatic carbocycles. The Morgan fingerprint density at radius 2 is 1.58 bits per heavy atom. The first-order chi connectivity index (χ1) is 21.3. The summed E-state index contributed by atoms with van der Waals surface area (Å²) in [5.74, 6) is -0.813. The number of carbonyl (C=O) groups excluding carboxylic acids is 1. The maximum absolute atomic E-state index is 13.1. The Hall–Kier alpha value is -2.02. The number of nitrogens with zero attached hydrogens (tertiary/aromatic N) is 2. The van der Waals surface area contributed by atoms with Gasteiger partial charge in [-0.25, -0.2) is 4.79 Å². The predicted molar refractivity (Wildman–Crippen MR) is 175 cm³/mol. The summed E-state index contributed by atoms with van der Waals surface area (Å²) in [5, 5.41) is 13.7. The van der Waals surface area contributed by atoms with Gasteiger partial charge in [-0.15, -0.1) is 12.4 Å². The monoisotopic (exact) mass is 655 g/mol. The van der Waals surface area contributed by atoms with Crippen LogP contribution in [-0.4, -0.2) is 78.7 Å². The molecule has 0 saturated carbocycles. The van der Waals surface area contributed by atoms with Gasteiger partial charge in [0.1, 0.15) is 24.4 Å². The average Bonchev–Trinajstić information content (AvgIpc) is 3.49. The number of carbonyl (C=O) groups is 1. The van der Waals surface area contributed by atoms with Gasteiger partial charge in [-0.3, -0.25) is 20.3 Å². The molecule has 3 saturated heterocycles. The van der Waals surface area contributed by atoms with E-state index in [4.69, 9.17) is 23.7 Å². The lowest BCUT2D eigenvalue weighted by Gasteiger charge is -2.34. The van der Waals surface area contributed by atoms with Crippen LogP contribution in [0.5, 0.6) is 0 Å². The molecule has 1 aromatic rings. The number of nitro benzene ring substituents is 1. The van der Waals surface area contributed by atoms with Crippen LogP contribution in [0.15, 0.2) is 24.3 Å². The predicted octanol–water partition coefficient (Wildman–Crippen LogP) is 7.60. The molecule has 0 aliphatic carbocycles. The lowest BCUT2D eigenvalue weighted by molar-refractivity contribution is -0.384. The van der Waals surface area contributed by atoms with Gasteiger partial charge >= 0.3 is 6.09 Å². The molecule has 0 aromatic heterocycles. The number of fused-ring (bicyclic) bond motifs is 1. The van der Waals surface area contributed by atoms with Crippen molar-refractivity contribution in [1.29, 1.82) is 0 Å². The number of ether oxygens (including phenoxy) is 5. The number of unbranched alkanes of at least 4 members (excludes halogenated alkanes) is 9. The van der Waals surface area contributed by atoms with E-state index in [0.29, 0.717) is 18.8 Å². The number of hydrogen-bond donors (Lipinski definition) is 1. The fourth-order valence-corrected chi connectivity index (χ4v) is 6.37. The number of likely N-dealkylation sites (tertiary alicyclic amines) is 1. The van der Waals surface area contributed by atoms with E-state index < -0.39 is 47.5 Å². The molecule has 3 fully saturated rings. The normalized spacial score (nSPS) is 24.9. The van der Waals surface area contributed by atoms with E-state index in [1.165, 1.54) is 82.1 Å². The topological polar surface area (TPSA) is 122 Å². The fraction of sp³-hybridized carbons (Fsp3) is 0.788. The largest absolute Gasteiger partial charge is 0.442 e. The Morgan fingerprint density at radius 3 is 2.20 bits per heavy atom. The van der Waals surface area contributed by atoms with Gasteiger partial charge < -0.3 is 23.7 Å². The van der Waals surface area contributed by atoms with E-state index in [9.17, 15) is 14.9 Å². The van der Waals surface area contributed by atoms with Gasteiger partial charge in [0.25, 0.3) is 5.69 Å². The van der Waals surface area contributed by atoms with Gasteiger partial charge in [0.2, 0.25) is 0 Å². The smallest absolute Gasteiger partial charge is 0.412 e. The highest BCUT2D eigenvalue weighted by atomic mass is 35.5. The Balaban J connectivity index is 0.00000552. The number of piperidine rings is 1. The molecular weight excluding hydrogens is 602 g/mol. The number of nitrogens with one attached hydrogen (secondary N) is 1. The van der Waals surface area contributed by atoms with Crippen LogP contribution in [-0.2, 0) is 23.7 Å². The van der Waals surface area contributed by atoms with Gasteiger partial charge in [-0.2, -0.15) is 0 Å². The first-order valence-electron chi connectivity index (χ1n) is 16.8. The van der Waals surface area contributed by atoms with Crippen LogP contribution in [0.25, 0.3) is 0 Å². The van der Waals surface area contributed by atoms with E-state index in [-0.39, 0.29) is 18.1 Å². The first kappa shape index (κ1) is 37.4. The van der Waals surface area contributed by atoms with Gasteiger partial charge in [0.15, 0.2) is 12.1 Å². The Morgan fingerprint density at radius 1 is 0.978 bits per heavy atom. The van der Waals surface area contributed by atoms with E-state index >= 15 is 0 Å². The SMILES string of the molecule is CCCCCCCCCCCCO[C@H]1O[C@H]([C@@H](CN2CCCCC2)OC(=O)Nc2ccc([N+](=O)[O-])cc2)[C@@H]2OC(C)(C)O[C@H]12.Cl. The number of anilines is 1. The summed E-state index contributed by atoms with van der Waals surface area (Å²) in [4.78, 5) is 25.9. The second-order valence-electron chi connectivity index (χ2n) is 12.8. The number of amides is 1. The summed E-state index contributed by atoms with van der Waals surface area (Å²) in [6, 6.07) is 5.64. The number of rotatable bonds is 18. The van der Waals surface area contributed by atoms with Crippen LogP contribution in [0.2, 0.25) is 0 Å². The molecule has 1 N–H and O–H groups in total. The van der Waals surface area contributed by atoms with Crippen LogP contribution in [0.4, 0.5) is 16.2 Å². The average molecular weight is 656 g/mol. The Kier molecular flexibility index (Phi) is 15.8. The summed E-state index contributed by atoms with van der Waals surface area (Å²) in [6.07, 6.45) is 12.5. The number of non-ortho nitro benzene ring substituents is 1. The molecule has 5 atom stereocenters. The van der Waals surface area contributed by atoms with Crippen LogP contribution in [0.3, 0.4) is 0 Å². The van der Waals surface area contributed by atoms with Crippen LogP contribution >= 0.6 is 12.4 Å². The van der Waals surface area contributed by atoms with Crippen molar-refractivity contribution in [2.24, 2.45) is 0 Å². The molecule has 3 heterocycles. The minimum atomic E-state index is -0.813. The lowest BCUT2D eigenvalue weighted by atomic mass is 10.0. The van der Waals surface area contributed by atoms with Gasteiger partial charge in [0, 0.05) is 31.0 Å². The highest BCUT2D eigenvalue weighted by Gasteiger charge is 2.58. The van der Waals surface area contributed by atoms with Crippen molar-refractivity contribution >= 4 is 29.9 Å². The van der Waals surface area contributed by atoms with E-state index in [2.05, 4.69) is 17.1 Å². The molecule has 0 unspecified atom stereocenters. The molecule has 256 valence electrons. The molecule has 0 bridgehead atoms. The Bertz CT molecular complexity index is 1020. The number of hydrogen-bond acceptors (Lipinski definition) is 9. The maximum Gasteiger partial charge on any atom is 0.412 e. The minimum absolute atomic E-state index is 0. The number of benzene rings is 1. The summed E-state index contributed by atoms with van der Waals surface area (Å²) in [6.45, 7) is 8.92. The Labute approximate surface area is 274 Å². The summed E-state index contributed by atoms with van der Waals surface area (Å²) in [7, 11) is 0. The quantitative estimate of drug-likeness (QED) is 0.0967. The molecule has 11 nitrogen and oxygen atoms in total. The molecule has 4 rings (SSSR count). The van der Waals surface area contributed by atoms with Crippen molar-refractivity contribution in [3.8, 4) is 0 Å². The standard InChI is InChI=1S/C33H53N3O8.ClH/c1-4-5-6-7-8-9-10-11-12-16-23-40-31-30-29(43-33(2,3)44-30)28(42-31)27(24-35-21-14-13-15-22-35)41-32(37)34-25-17-19-26(20-18-25)36(38)39;/h17-20,27-31H,4-16,21-24H2,1-3H3,(H,34,37);1H/t27-,28-,29+,30+,31+;/m1./s1. The van der Waals surface area contributed by atoms with Crippen LogP contribution in [0.1, 0.15) is 104 Å². The van der Waals surface area contributed by atoms with Gasteiger partial charge in [0.05, 0.1) is 4.92 Å². The summed E-state index contributed by atoms with van der Waals surface area (Å²) >= 11 is 0. The van der Waals surface area contributed by atoms with Crippen LogP contribution in [0, 0.1) is 10.1 Å². The third-order valence-electron chi connectivity index (χ3n) is 8.66. The second kappa shape index (κ2) is 19.0. The van der Waals surface area contributed by atoms with Gasteiger partial charge in [-0.05, 0) is 58.3 Å². The zero-order chi connectivity index (χ0) is 31.4. The van der Waals surface area contributed by atoms with Gasteiger partial charge in [-0.1, -0.05) is 71.1 Å². The lowest BCUT2D eigenvalue weighted by Crippen LogP contribution is -2.49. The maximum atomic E-state index is 13.1. The van der Waals surface area contributed by atoms with Crippen molar-refractivity contribution in [2.75, 3.05) is 31.6 Å². The van der Waals surface area contributed by atoms with Crippen molar-refractivity contribution in [3.05, 3.63) is 34.4 Å². The molecule has 3 aliphatic rings. The summed E-state index contributed by atoms with van der Waals surface area (Å²) in [5.41, 5.74) is 0.351. The minimum Gasteiger partial charge on any atom is -0.442 e.